The lowest BCUT2D eigenvalue weighted by Gasteiger charge is -2.26. The third-order valence-corrected chi connectivity index (χ3v) is 3.70. The first-order chi connectivity index (χ1) is 7.91. The second kappa shape index (κ2) is 6.18. The topological polar surface area (TPSA) is 40.5 Å². The summed E-state index contributed by atoms with van der Waals surface area (Å²) in [5.74, 6) is 0.281. The molecule has 0 spiro atoms. The van der Waals surface area contributed by atoms with Crippen LogP contribution < -0.4 is 0 Å². The van der Waals surface area contributed by atoms with E-state index in [1.54, 1.807) is 0 Å². The van der Waals surface area contributed by atoms with Crippen molar-refractivity contribution >= 4 is 0 Å². The van der Waals surface area contributed by atoms with E-state index in [2.05, 4.69) is 19.7 Å². The van der Waals surface area contributed by atoms with E-state index >= 15 is 0 Å². The molecule has 0 aromatic rings. The van der Waals surface area contributed by atoms with Gasteiger partial charge in [-0.2, -0.15) is 0 Å². The summed E-state index contributed by atoms with van der Waals surface area (Å²) in [6, 6.07) is 0. The molecule has 0 heterocycles. The monoisotopic (exact) mass is 236 g/mol. The van der Waals surface area contributed by atoms with Crippen LogP contribution in [0.5, 0.6) is 0 Å². The molecule has 17 heavy (non-hydrogen) atoms. The maximum Gasteiger partial charge on any atom is 0.0753 e. The quantitative estimate of drug-likeness (QED) is 0.687. The van der Waals surface area contributed by atoms with Crippen molar-refractivity contribution in [3.8, 4) is 0 Å². The first-order valence-electron chi connectivity index (χ1n) is 6.28. The summed E-state index contributed by atoms with van der Waals surface area (Å²) in [5.41, 5.74) is 2.78. The summed E-state index contributed by atoms with van der Waals surface area (Å²) < 4.78 is 0. The molecule has 2 N–H and O–H groups in total. The molecule has 2 nitrogen and oxygen atoms in total. The van der Waals surface area contributed by atoms with E-state index in [1.165, 1.54) is 0 Å². The van der Waals surface area contributed by atoms with Gasteiger partial charge in [-0.15, -0.1) is 0 Å². The minimum absolute atomic E-state index is 0.281. The molecule has 0 aromatic carbocycles. The highest BCUT2D eigenvalue weighted by Gasteiger charge is 2.21. The van der Waals surface area contributed by atoms with Crippen molar-refractivity contribution in [1.29, 1.82) is 0 Å². The van der Waals surface area contributed by atoms with Gasteiger partial charge < -0.3 is 10.2 Å². The van der Waals surface area contributed by atoms with E-state index in [4.69, 9.17) is 0 Å². The maximum atomic E-state index is 10.0. The van der Waals surface area contributed by atoms with Crippen LogP contribution >= 0.6 is 0 Å². The number of hydrogen-bond donors (Lipinski definition) is 2. The van der Waals surface area contributed by atoms with Crippen molar-refractivity contribution in [2.45, 2.75) is 51.2 Å². The zero-order valence-electron chi connectivity index (χ0n) is 10.8. The Labute approximate surface area is 104 Å². The van der Waals surface area contributed by atoms with Gasteiger partial charge in [-0.25, -0.2) is 0 Å². The summed E-state index contributed by atoms with van der Waals surface area (Å²) in [6.07, 6.45) is 2.72. The Morgan fingerprint density at radius 2 is 1.59 bits per heavy atom. The third kappa shape index (κ3) is 4.14. The average Bonchev–Trinajstić information content (AvgIpc) is 2.28. The molecule has 96 valence electrons. The van der Waals surface area contributed by atoms with E-state index in [-0.39, 0.29) is 5.92 Å². The van der Waals surface area contributed by atoms with Gasteiger partial charge in [0.25, 0.3) is 0 Å². The predicted molar refractivity (Wildman–Crippen MR) is 71.7 cm³/mol. The molecular formula is C15H24O2. The summed E-state index contributed by atoms with van der Waals surface area (Å²) in [4.78, 5) is 0. The number of aliphatic hydroxyl groups excluding tert-OH is 2. The molecule has 1 saturated carbocycles. The molecule has 2 heteroatoms. The van der Waals surface area contributed by atoms with Crippen LogP contribution in [-0.2, 0) is 0 Å². The van der Waals surface area contributed by atoms with Crippen LogP contribution in [0.15, 0.2) is 36.5 Å². The van der Waals surface area contributed by atoms with Crippen LogP contribution in [0.2, 0.25) is 0 Å². The van der Waals surface area contributed by atoms with Crippen LogP contribution in [0.1, 0.15) is 39.0 Å². The van der Waals surface area contributed by atoms with Gasteiger partial charge in [0.1, 0.15) is 0 Å². The molecule has 1 aliphatic rings. The smallest absolute Gasteiger partial charge is 0.0753 e. The van der Waals surface area contributed by atoms with Crippen molar-refractivity contribution in [3.05, 3.63) is 36.5 Å². The summed E-state index contributed by atoms with van der Waals surface area (Å²) in [5, 5.41) is 19.9. The number of aliphatic hydroxyl groups is 2. The maximum absolute atomic E-state index is 10.0. The molecule has 1 aliphatic carbocycles. The lowest BCUT2D eigenvalue weighted by Crippen LogP contribution is -2.21. The Kier molecular flexibility index (Phi) is 5.16. The van der Waals surface area contributed by atoms with Crippen LogP contribution in [-0.4, -0.2) is 22.4 Å². The van der Waals surface area contributed by atoms with Gasteiger partial charge in [-0.3, -0.25) is 0 Å². The Balaban J connectivity index is 2.77. The standard InChI is InChI=1S/C15H24O2/c1-10(2)13-7-5-11(3)14(16)8-6-12(4)15(17)9-13/h13-17H,1,3-9H2,2H3/t13-,14-,15+/m1/s1. The van der Waals surface area contributed by atoms with E-state index < -0.39 is 12.2 Å². The minimum atomic E-state index is -0.477. The first-order valence-corrected chi connectivity index (χ1v) is 6.28. The molecule has 0 radical (unpaired) electrons. The normalized spacial score (nSPS) is 32.3. The Morgan fingerprint density at radius 1 is 1.06 bits per heavy atom. The molecule has 0 aliphatic heterocycles. The van der Waals surface area contributed by atoms with Crippen molar-refractivity contribution in [2.24, 2.45) is 5.92 Å². The molecule has 1 rings (SSSR count). The Hall–Kier alpha value is -0.860. The highest BCUT2D eigenvalue weighted by Crippen LogP contribution is 2.29. The minimum Gasteiger partial charge on any atom is -0.389 e. The lowest BCUT2D eigenvalue weighted by atomic mass is 9.84. The Bertz CT molecular complexity index is 317. The summed E-state index contributed by atoms with van der Waals surface area (Å²) in [6.45, 7) is 13.8. The summed E-state index contributed by atoms with van der Waals surface area (Å²) in [7, 11) is 0. The molecule has 0 amide bonds. The zero-order valence-corrected chi connectivity index (χ0v) is 10.8. The highest BCUT2D eigenvalue weighted by molar-refractivity contribution is 5.11. The number of allylic oxidation sites excluding steroid dienone is 1. The zero-order chi connectivity index (χ0) is 13.0. The second-order valence-corrected chi connectivity index (χ2v) is 5.20. The fourth-order valence-electron chi connectivity index (χ4n) is 2.22. The van der Waals surface area contributed by atoms with Gasteiger partial charge in [0, 0.05) is 0 Å². The van der Waals surface area contributed by atoms with Crippen molar-refractivity contribution in [2.75, 3.05) is 0 Å². The average molecular weight is 236 g/mol. The molecule has 0 unspecified atom stereocenters. The van der Waals surface area contributed by atoms with Crippen LogP contribution in [0.4, 0.5) is 0 Å². The van der Waals surface area contributed by atoms with Gasteiger partial charge in [-0.1, -0.05) is 25.3 Å². The van der Waals surface area contributed by atoms with Gasteiger partial charge >= 0.3 is 0 Å². The lowest BCUT2D eigenvalue weighted by molar-refractivity contribution is 0.157. The van der Waals surface area contributed by atoms with E-state index in [0.29, 0.717) is 19.3 Å². The Morgan fingerprint density at radius 3 is 2.18 bits per heavy atom. The van der Waals surface area contributed by atoms with E-state index in [9.17, 15) is 10.2 Å². The molecule has 0 saturated heterocycles. The van der Waals surface area contributed by atoms with Crippen molar-refractivity contribution in [3.63, 3.8) is 0 Å². The van der Waals surface area contributed by atoms with Crippen LogP contribution in [0, 0.1) is 5.92 Å². The van der Waals surface area contributed by atoms with Crippen molar-refractivity contribution in [1.82, 2.24) is 0 Å². The SMILES string of the molecule is C=C(C)[C@@H]1CCC(=C)[C@H](O)CCC(=C)[C@@H](O)C1. The fraction of sp³-hybridized carbons (Fsp3) is 0.600. The van der Waals surface area contributed by atoms with E-state index in [0.717, 1.165) is 29.6 Å². The number of rotatable bonds is 1. The molecule has 3 atom stereocenters. The third-order valence-electron chi connectivity index (χ3n) is 3.70. The van der Waals surface area contributed by atoms with Gasteiger partial charge in [-0.05, 0) is 56.1 Å². The fourth-order valence-corrected chi connectivity index (χ4v) is 2.22. The van der Waals surface area contributed by atoms with Gasteiger partial charge in [0.05, 0.1) is 12.2 Å². The molecule has 1 fully saturated rings. The highest BCUT2D eigenvalue weighted by atomic mass is 16.3. The summed E-state index contributed by atoms with van der Waals surface area (Å²) >= 11 is 0. The van der Waals surface area contributed by atoms with Gasteiger partial charge in [0.2, 0.25) is 0 Å². The molecular weight excluding hydrogens is 212 g/mol. The van der Waals surface area contributed by atoms with Gasteiger partial charge in [0.15, 0.2) is 0 Å². The van der Waals surface area contributed by atoms with E-state index in [1.807, 2.05) is 6.92 Å². The number of hydrogen-bond acceptors (Lipinski definition) is 2. The van der Waals surface area contributed by atoms with Crippen LogP contribution in [0.3, 0.4) is 0 Å². The second-order valence-electron chi connectivity index (χ2n) is 5.20. The molecule has 0 bridgehead atoms. The first kappa shape index (κ1) is 14.2. The molecule has 0 aromatic heterocycles. The predicted octanol–water partition coefficient (Wildman–Crippen LogP) is 2.98. The van der Waals surface area contributed by atoms with Crippen molar-refractivity contribution < 1.29 is 10.2 Å². The van der Waals surface area contributed by atoms with Crippen LogP contribution in [0.25, 0.3) is 0 Å². The largest absolute Gasteiger partial charge is 0.389 e.